The van der Waals surface area contributed by atoms with E-state index < -0.39 is 0 Å². The van der Waals surface area contributed by atoms with Crippen LogP contribution in [-0.2, 0) is 17.6 Å². The summed E-state index contributed by atoms with van der Waals surface area (Å²) in [6.07, 6.45) is 4.10. The number of carbonyl (C=O) groups excluding carboxylic acids is 1. The molecule has 1 aromatic heterocycles. The predicted molar refractivity (Wildman–Crippen MR) is 64.8 cm³/mol. The van der Waals surface area contributed by atoms with Crippen molar-refractivity contribution in [3.63, 3.8) is 0 Å². The summed E-state index contributed by atoms with van der Waals surface area (Å²) in [5.41, 5.74) is 1.80. The van der Waals surface area contributed by atoms with E-state index in [9.17, 15) is 9.90 Å². The number of rotatable bonds is 4. The largest absolute Gasteiger partial charge is 0.508 e. The molecule has 0 saturated heterocycles. The highest BCUT2D eigenvalue weighted by molar-refractivity contribution is 5.83. The number of nitrogens with zero attached hydrogens (tertiary/aromatic N) is 1. The van der Waals surface area contributed by atoms with Crippen molar-refractivity contribution in [2.24, 2.45) is 0 Å². The zero-order chi connectivity index (χ0) is 12.1. The van der Waals surface area contributed by atoms with Crippen molar-refractivity contribution in [1.82, 2.24) is 4.98 Å². The quantitative estimate of drug-likeness (QED) is 0.870. The van der Waals surface area contributed by atoms with Crippen LogP contribution in [0, 0.1) is 0 Å². The minimum atomic E-state index is 0.127. The van der Waals surface area contributed by atoms with Crippen molar-refractivity contribution in [3.8, 4) is 5.75 Å². The standard InChI is InChI=1S/C14H13NO2/c16-13-3-1-2-12(9-13)10-14(17)8-11-4-6-15-7-5-11/h1-7,9,16H,8,10H2. The third-order valence-electron chi connectivity index (χ3n) is 2.46. The summed E-state index contributed by atoms with van der Waals surface area (Å²) >= 11 is 0. The summed E-state index contributed by atoms with van der Waals surface area (Å²) in [6, 6.07) is 10.5. The molecular formula is C14H13NO2. The third kappa shape index (κ3) is 3.41. The van der Waals surface area contributed by atoms with Gasteiger partial charge in [0.15, 0.2) is 0 Å². The number of carbonyl (C=O) groups is 1. The van der Waals surface area contributed by atoms with E-state index in [0.29, 0.717) is 12.8 Å². The molecule has 0 amide bonds. The molecule has 0 aliphatic heterocycles. The second-order valence-electron chi connectivity index (χ2n) is 3.92. The topological polar surface area (TPSA) is 50.2 Å². The molecule has 86 valence electrons. The molecule has 0 unspecified atom stereocenters. The number of aromatic nitrogens is 1. The first kappa shape index (κ1) is 11.3. The minimum Gasteiger partial charge on any atom is -0.508 e. The van der Waals surface area contributed by atoms with Crippen LogP contribution in [0.4, 0.5) is 0 Å². The Labute approximate surface area is 99.8 Å². The van der Waals surface area contributed by atoms with Gasteiger partial charge < -0.3 is 5.11 Å². The Balaban J connectivity index is 1.98. The molecular weight excluding hydrogens is 214 g/mol. The van der Waals surface area contributed by atoms with Crippen LogP contribution in [0.5, 0.6) is 5.75 Å². The molecule has 17 heavy (non-hydrogen) atoms. The van der Waals surface area contributed by atoms with Gasteiger partial charge >= 0.3 is 0 Å². The first-order valence-electron chi connectivity index (χ1n) is 5.42. The molecule has 0 fully saturated rings. The van der Waals surface area contributed by atoms with E-state index in [1.54, 1.807) is 30.6 Å². The molecule has 1 aromatic carbocycles. The Morgan fingerprint density at radius 1 is 1.06 bits per heavy atom. The van der Waals surface area contributed by atoms with Crippen LogP contribution < -0.4 is 0 Å². The molecule has 1 N–H and O–H groups in total. The minimum absolute atomic E-state index is 0.127. The monoisotopic (exact) mass is 227 g/mol. The first-order valence-corrected chi connectivity index (χ1v) is 5.42. The van der Waals surface area contributed by atoms with Crippen LogP contribution in [-0.4, -0.2) is 15.9 Å². The van der Waals surface area contributed by atoms with Gasteiger partial charge in [-0.2, -0.15) is 0 Å². The molecule has 0 radical (unpaired) electrons. The number of phenolic OH excluding ortho intramolecular Hbond substituents is 1. The van der Waals surface area contributed by atoms with Crippen molar-refractivity contribution in [1.29, 1.82) is 0 Å². The number of benzene rings is 1. The van der Waals surface area contributed by atoms with Crippen LogP contribution in [0.15, 0.2) is 48.8 Å². The van der Waals surface area contributed by atoms with Gasteiger partial charge in [-0.3, -0.25) is 9.78 Å². The van der Waals surface area contributed by atoms with Gasteiger partial charge in [-0.1, -0.05) is 12.1 Å². The maximum Gasteiger partial charge on any atom is 0.141 e. The van der Waals surface area contributed by atoms with Crippen molar-refractivity contribution in [3.05, 3.63) is 59.9 Å². The maximum absolute atomic E-state index is 11.8. The first-order chi connectivity index (χ1) is 8.24. The molecule has 0 aliphatic rings. The molecule has 0 spiro atoms. The van der Waals surface area contributed by atoms with Crippen LogP contribution in [0.3, 0.4) is 0 Å². The lowest BCUT2D eigenvalue weighted by atomic mass is 10.0. The summed E-state index contributed by atoms with van der Waals surface area (Å²) in [5.74, 6) is 0.320. The van der Waals surface area contributed by atoms with Crippen molar-refractivity contribution in [2.75, 3.05) is 0 Å². The van der Waals surface area contributed by atoms with E-state index in [2.05, 4.69) is 4.98 Å². The lowest BCUT2D eigenvalue weighted by molar-refractivity contribution is -0.117. The van der Waals surface area contributed by atoms with Gasteiger partial charge in [-0.05, 0) is 35.4 Å². The van der Waals surface area contributed by atoms with Crippen LogP contribution in [0.1, 0.15) is 11.1 Å². The number of hydrogen-bond donors (Lipinski definition) is 1. The zero-order valence-electron chi connectivity index (χ0n) is 9.34. The highest BCUT2D eigenvalue weighted by atomic mass is 16.3. The zero-order valence-corrected chi connectivity index (χ0v) is 9.34. The summed E-state index contributed by atoms with van der Waals surface area (Å²) in [6.45, 7) is 0. The molecule has 1 heterocycles. The van der Waals surface area contributed by atoms with Crippen molar-refractivity contribution in [2.45, 2.75) is 12.8 Å². The number of Topliss-reactive ketones (excluding diaryl/α,β-unsaturated/α-hetero) is 1. The fourth-order valence-corrected chi connectivity index (χ4v) is 1.68. The SMILES string of the molecule is O=C(Cc1ccncc1)Cc1cccc(O)c1. The fourth-order valence-electron chi connectivity index (χ4n) is 1.68. The Morgan fingerprint density at radius 3 is 2.47 bits per heavy atom. The molecule has 0 aliphatic carbocycles. The van der Waals surface area contributed by atoms with E-state index in [1.165, 1.54) is 0 Å². The van der Waals surface area contributed by atoms with Gasteiger partial charge in [0, 0.05) is 25.2 Å². The van der Waals surface area contributed by atoms with Gasteiger partial charge in [-0.25, -0.2) is 0 Å². The van der Waals surface area contributed by atoms with Gasteiger partial charge in [-0.15, -0.1) is 0 Å². The van der Waals surface area contributed by atoms with E-state index in [-0.39, 0.29) is 11.5 Å². The molecule has 2 rings (SSSR count). The lowest BCUT2D eigenvalue weighted by Gasteiger charge is -2.02. The molecule has 0 atom stereocenters. The van der Waals surface area contributed by atoms with Crippen LogP contribution >= 0.6 is 0 Å². The molecule has 0 bridgehead atoms. The molecule has 3 nitrogen and oxygen atoms in total. The normalized spacial score (nSPS) is 10.1. The van der Waals surface area contributed by atoms with E-state index >= 15 is 0 Å². The molecule has 2 aromatic rings. The number of pyridine rings is 1. The molecule has 0 saturated carbocycles. The van der Waals surface area contributed by atoms with E-state index in [1.807, 2.05) is 18.2 Å². The van der Waals surface area contributed by atoms with Crippen LogP contribution in [0.2, 0.25) is 0 Å². The van der Waals surface area contributed by atoms with E-state index in [4.69, 9.17) is 0 Å². The Kier molecular flexibility index (Phi) is 3.50. The van der Waals surface area contributed by atoms with Gasteiger partial charge in [0.1, 0.15) is 11.5 Å². The van der Waals surface area contributed by atoms with Crippen molar-refractivity contribution < 1.29 is 9.90 Å². The Hall–Kier alpha value is -2.16. The lowest BCUT2D eigenvalue weighted by Crippen LogP contribution is -2.06. The Bertz CT molecular complexity index is 509. The smallest absolute Gasteiger partial charge is 0.141 e. The number of aromatic hydroxyl groups is 1. The number of ketones is 1. The highest BCUT2D eigenvalue weighted by Gasteiger charge is 2.05. The Morgan fingerprint density at radius 2 is 1.76 bits per heavy atom. The van der Waals surface area contributed by atoms with E-state index in [0.717, 1.165) is 11.1 Å². The predicted octanol–water partition coefficient (Wildman–Crippen LogP) is 2.14. The highest BCUT2D eigenvalue weighted by Crippen LogP contribution is 2.12. The number of phenols is 1. The second-order valence-corrected chi connectivity index (χ2v) is 3.92. The second kappa shape index (κ2) is 5.25. The van der Waals surface area contributed by atoms with Crippen molar-refractivity contribution >= 4 is 5.78 Å². The summed E-state index contributed by atoms with van der Waals surface area (Å²) in [5, 5.41) is 9.30. The number of hydrogen-bond acceptors (Lipinski definition) is 3. The summed E-state index contributed by atoms with van der Waals surface area (Å²) in [4.78, 5) is 15.7. The summed E-state index contributed by atoms with van der Waals surface area (Å²) < 4.78 is 0. The summed E-state index contributed by atoms with van der Waals surface area (Å²) in [7, 11) is 0. The fraction of sp³-hybridized carbons (Fsp3) is 0.143. The average Bonchev–Trinajstić information content (AvgIpc) is 2.30. The van der Waals surface area contributed by atoms with Gasteiger partial charge in [0.2, 0.25) is 0 Å². The maximum atomic E-state index is 11.8. The van der Waals surface area contributed by atoms with Gasteiger partial charge in [0.25, 0.3) is 0 Å². The van der Waals surface area contributed by atoms with Gasteiger partial charge in [0.05, 0.1) is 0 Å². The average molecular weight is 227 g/mol. The van der Waals surface area contributed by atoms with Crippen LogP contribution in [0.25, 0.3) is 0 Å². The molecule has 3 heteroatoms. The third-order valence-corrected chi connectivity index (χ3v) is 2.46.